The smallest absolute Gasteiger partial charge is 0.170 e. The third-order valence-corrected chi connectivity index (χ3v) is 4.73. The van der Waals surface area contributed by atoms with E-state index in [9.17, 15) is 5.11 Å². The third-order valence-electron chi connectivity index (χ3n) is 2.59. The van der Waals surface area contributed by atoms with Gasteiger partial charge in [0.05, 0.1) is 0 Å². The van der Waals surface area contributed by atoms with E-state index in [1.807, 2.05) is 37.3 Å². The van der Waals surface area contributed by atoms with E-state index in [-0.39, 0.29) is 6.54 Å². The molecule has 18 heavy (non-hydrogen) atoms. The number of hydrogen-bond acceptors (Lipinski definition) is 6. The predicted octanol–water partition coefficient (Wildman–Crippen LogP) is 1.79. The Morgan fingerprint density at radius 3 is 2.67 bits per heavy atom. The number of rotatable bonds is 5. The molecule has 4 nitrogen and oxygen atoms in total. The number of aromatic nitrogens is 2. The van der Waals surface area contributed by atoms with Gasteiger partial charge in [-0.05, 0) is 24.0 Å². The molecule has 0 bridgehead atoms. The van der Waals surface area contributed by atoms with Gasteiger partial charge in [0.2, 0.25) is 0 Å². The van der Waals surface area contributed by atoms with Crippen LogP contribution in [0.3, 0.4) is 0 Å². The van der Waals surface area contributed by atoms with Gasteiger partial charge in [0, 0.05) is 12.3 Å². The first kappa shape index (κ1) is 13.5. The fourth-order valence-corrected chi connectivity index (χ4v) is 3.29. The van der Waals surface area contributed by atoms with Crippen LogP contribution in [0.5, 0.6) is 0 Å². The number of benzene rings is 1. The van der Waals surface area contributed by atoms with Crippen molar-refractivity contribution < 1.29 is 5.11 Å². The zero-order valence-electron chi connectivity index (χ0n) is 10.0. The van der Waals surface area contributed by atoms with Gasteiger partial charge in [-0.1, -0.05) is 42.1 Å². The largest absolute Gasteiger partial charge is 0.383 e. The van der Waals surface area contributed by atoms with Gasteiger partial charge >= 0.3 is 0 Å². The lowest BCUT2D eigenvalue weighted by atomic mass is 9.96. The van der Waals surface area contributed by atoms with Crippen molar-refractivity contribution in [1.29, 1.82) is 0 Å². The number of hydrogen-bond donors (Lipinski definition) is 2. The molecule has 0 amide bonds. The Hall–Kier alpha value is -0.950. The minimum atomic E-state index is -1.02. The molecule has 6 heteroatoms. The van der Waals surface area contributed by atoms with Crippen LogP contribution in [0, 0.1) is 6.92 Å². The lowest BCUT2D eigenvalue weighted by Gasteiger charge is -2.26. The van der Waals surface area contributed by atoms with Crippen molar-refractivity contribution in [3.05, 3.63) is 41.7 Å². The standard InChI is InChI=1S/C12H15N3OS2/c1-9-14-11(18-15-9)17-8-12(16,7-13)10-5-3-2-4-6-10/h2-6,16H,7-8,13H2,1H3. The fraction of sp³-hybridized carbons (Fsp3) is 0.333. The molecule has 96 valence electrons. The number of aryl methyl sites for hydroxylation is 1. The molecule has 3 N–H and O–H groups in total. The number of thioether (sulfide) groups is 1. The zero-order chi connectivity index (χ0) is 13.0. The molecule has 1 unspecified atom stereocenters. The van der Waals surface area contributed by atoms with Gasteiger partial charge < -0.3 is 10.8 Å². The van der Waals surface area contributed by atoms with Gasteiger partial charge in [-0.15, -0.1) is 0 Å². The number of aliphatic hydroxyl groups is 1. The van der Waals surface area contributed by atoms with Crippen LogP contribution in [-0.4, -0.2) is 26.8 Å². The lowest BCUT2D eigenvalue weighted by Crippen LogP contribution is -2.37. The van der Waals surface area contributed by atoms with Gasteiger partial charge in [0.1, 0.15) is 11.4 Å². The monoisotopic (exact) mass is 281 g/mol. The molecule has 2 aromatic rings. The van der Waals surface area contributed by atoms with E-state index < -0.39 is 5.60 Å². The maximum absolute atomic E-state index is 10.6. The Morgan fingerprint density at radius 1 is 1.39 bits per heavy atom. The van der Waals surface area contributed by atoms with Crippen LogP contribution in [0.4, 0.5) is 0 Å². The summed E-state index contributed by atoms with van der Waals surface area (Å²) >= 11 is 2.83. The highest BCUT2D eigenvalue weighted by atomic mass is 32.2. The molecule has 0 fully saturated rings. The van der Waals surface area contributed by atoms with Crippen molar-refractivity contribution in [1.82, 2.24) is 9.36 Å². The van der Waals surface area contributed by atoms with Crippen LogP contribution >= 0.6 is 23.3 Å². The summed E-state index contributed by atoms with van der Waals surface area (Å²) in [6.45, 7) is 2.04. The molecular weight excluding hydrogens is 266 g/mol. The Morgan fingerprint density at radius 2 is 2.11 bits per heavy atom. The molecule has 0 saturated carbocycles. The minimum Gasteiger partial charge on any atom is -0.383 e. The van der Waals surface area contributed by atoms with E-state index in [2.05, 4.69) is 9.36 Å². The normalized spacial score (nSPS) is 14.4. The van der Waals surface area contributed by atoms with E-state index in [4.69, 9.17) is 5.73 Å². The SMILES string of the molecule is Cc1nsc(SCC(O)(CN)c2ccccc2)n1. The highest BCUT2D eigenvalue weighted by Crippen LogP contribution is 2.29. The van der Waals surface area contributed by atoms with Crippen LogP contribution in [0.15, 0.2) is 34.7 Å². The quantitative estimate of drug-likeness (QED) is 0.817. The van der Waals surface area contributed by atoms with E-state index in [1.54, 1.807) is 0 Å². The summed E-state index contributed by atoms with van der Waals surface area (Å²) in [6, 6.07) is 9.49. The molecule has 0 aliphatic carbocycles. The van der Waals surface area contributed by atoms with Crippen LogP contribution in [0.1, 0.15) is 11.4 Å². The van der Waals surface area contributed by atoms with Gasteiger partial charge in [0.25, 0.3) is 0 Å². The first-order chi connectivity index (χ1) is 8.64. The summed E-state index contributed by atoms with van der Waals surface area (Å²) in [5.74, 6) is 1.24. The summed E-state index contributed by atoms with van der Waals surface area (Å²) in [5.41, 5.74) is 5.52. The molecule has 0 saturated heterocycles. The lowest BCUT2D eigenvalue weighted by molar-refractivity contribution is 0.0721. The second kappa shape index (κ2) is 5.79. The van der Waals surface area contributed by atoms with Crippen molar-refractivity contribution >= 4 is 23.3 Å². The molecule has 2 rings (SSSR count). The fourth-order valence-electron chi connectivity index (χ4n) is 1.53. The van der Waals surface area contributed by atoms with Crippen molar-refractivity contribution in [2.45, 2.75) is 16.9 Å². The molecule has 0 radical (unpaired) electrons. The topological polar surface area (TPSA) is 72.0 Å². The molecular formula is C12H15N3OS2. The molecule has 1 heterocycles. The average molecular weight is 281 g/mol. The van der Waals surface area contributed by atoms with Gasteiger partial charge in [-0.2, -0.15) is 4.37 Å². The van der Waals surface area contributed by atoms with Crippen molar-refractivity contribution in [3.8, 4) is 0 Å². The molecule has 1 atom stereocenters. The summed E-state index contributed by atoms with van der Waals surface area (Å²) < 4.78 is 4.97. The highest BCUT2D eigenvalue weighted by Gasteiger charge is 2.28. The van der Waals surface area contributed by atoms with Gasteiger partial charge in [-0.3, -0.25) is 0 Å². The van der Waals surface area contributed by atoms with E-state index in [0.717, 1.165) is 15.7 Å². The highest BCUT2D eigenvalue weighted by molar-refractivity contribution is 8.00. The first-order valence-electron chi connectivity index (χ1n) is 5.55. The van der Waals surface area contributed by atoms with Crippen LogP contribution in [-0.2, 0) is 5.60 Å². The first-order valence-corrected chi connectivity index (χ1v) is 7.31. The zero-order valence-corrected chi connectivity index (χ0v) is 11.7. The van der Waals surface area contributed by atoms with Crippen LogP contribution in [0.25, 0.3) is 0 Å². The summed E-state index contributed by atoms with van der Waals surface area (Å²) in [4.78, 5) is 4.26. The second-order valence-corrected chi connectivity index (χ2v) is 5.97. The molecule has 0 aliphatic heterocycles. The van der Waals surface area contributed by atoms with Crippen LogP contribution < -0.4 is 5.73 Å². The predicted molar refractivity (Wildman–Crippen MR) is 74.8 cm³/mol. The Kier molecular flexibility index (Phi) is 4.34. The van der Waals surface area contributed by atoms with E-state index >= 15 is 0 Å². The van der Waals surface area contributed by atoms with E-state index in [0.29, 0.717) is 5.75 Å². The molecule has 0 aliphatic rings. The van der Waals surface area contributed by atoms with E-state index in [1.165, 1.54) is 23.3 Å². The van der Waals surface area contributed by atoms with Crippen LogP contribution in [0.2, 0.25) is 0 Å². The van der Waals surface area contributed by atoms with Gasteiger partial charge in [-0.25, -0.2) is 4.98 Å². The maximum Gasteiger partial charge on any atom is 0.170 e. The average Bonchev–Trinajstić information content (AvgIpc) is 2.83. The summed E-state index contributed by atoms with van der Waals surface area (Å²) in [6.07, 6.45) is 0. The van der Waals surface area contributed by atoms with Crippen molar-refractivity contribution in [2.24, 2.45) is 5.73 Å². The van der Waals surface area contributed by atoms with Crippen molar-refractivity contribution in [2.75, 3.05) is 12.3 Å². The Labute approximate surface area is 114 Å². The maximum atomic E-state index is 10.6. The Balaban J connectivity index is 2.09. The molecule has 1 aromatic carbocycles. The number of nitrogens with two attached hydrogens (primary N) is 1. The summed E-state index contributed by atoms with van der Waals surface area (Å²) in [7, 11) is 0. The van der Waals surface area contributed by atoms with Gasteiger partial charge in [0.15, 0.2) is 4.34 Å². The minimum absolute atomic E-state index is 0.182. The number of nitrogens with zero attached hydrogens (tertiary/aromatic N) is 2. The second-order valence-electron chi connectivity index (χ2n) is 4.00. The summed E-state index contributed by atoms with van der Waals surface area (Å²) in [5, 5.41) is 10.6. The Bertz CT molecular complexity index is 503. The van der Waals surface area contributed by atoms with Crippen molar-refractivity contribution in [3.63, 3.8) is 0 Å². The third kappa shape index (κ3) is 3.08. The molecule has 0 spiro atoms. The molecule has 1 aromatic heterocycles.